The van der Waals surface area contributed by atoms with E-state index in [0.29, 0.717) is 0 Å². The number of esters is 1. The molecule has 0 bridgehead atoms. The van der Waals surface area contributed by atoms with Crippen LogP contribution >= 0.6 is 0 Å². The van der Waals surface area contributed by atoms with Gasteiger partial charge in [0, 0.05) is 0 Å². The topological polar surface area (TPSA) is 93.8 Å². The Labute approximate surface area is 68.7 Å². The quantitative estimate of drug-likeness (QED) is 0.487. The number of hydrazone groups is 1. The molecule has 12 heavy (non-hydrogen) atoms. The zero-order chi connectivity index (χ0) is 9.14. The number of nitrogens with one attached hydrogen (secondary N) is 1. The Morgan fingerprint density at radius 1 is 1.83 bits per heavy atom. The van der Waals surface area contributed by atoms with E-state index in [9.17, 15) is 9.59 Å². The molecule has 0 saturated heterocycles. The standard InChI is InChI=1S/C6H9N3O3/c1-2-12-6(11)4-3(7)5(10)9-8-4/h3H,2,7H2,1H3,(H,9,10). The molecule has 3 N–H and O–H groups in total. The summed E-state index contributed by atoms with van der Waals surface area (Å²) >= 11 is 0. The minimum atomic E-state index is -0.996. The summed E-state index contributed by atoms with van der Waals surface area (Å²) in [6, 6.07) is -0.996. The van der Waals surface area contributed by atoms with Gasteiger partial charge in [0.25, 0.3) is 5.91 Å². The van der Waals surface area contributed by atoms with Gasteiger partial charge in [0.2, 0.25) is 0 Å². The molecule has 0 spiro atoms. The number of ether oxygens (including phenoxy) is 1. The first-order valence-corrected chi connectivity index (χ1v) is 3.47. The van der Waals surface area contributed by atoms with Crippen molar-refractivity contribution in [1.29, 1.82) is 0 Å². The lowest BCUT2D eigenvalue weighted by Crippen LogP contribution is -2.41. The summed E-state index contributed by atoms with van der Waals surface area (Å²) in [6.07, 6.45) is 0. The van der Waals surface area contributed by atoms with Crippen LogP contribution in [0, 0.1) is 0 Å². The third kappa shape index (κ3) is 1.42. The summed E-state index contributed by atoms with van der Waals surface area (Å²) < 4.78 is 4.60. The van der Waals surface area contributed by atoms with Crippen molar-refractivity contribution in [2.75, 3.05) is 6.61 Å². The lowest BCUT2D eigenvalue weighted by Gasteiger charge is -2.02. The number of nitrogens with two attached hydrogens (primary N) is 1. The van der Waals surface area contributed by atoms with Crippen LogP contribution in [0.4, 0.5) is 0 Å². The zero-order valence-electron chi connectivity index (χ0n) is 6.53. The molecule has 66 valence electrons. The SMILES string of the molecule is CCOC(=O)C1=NNC(=O)C1N. The second kappa shape index (κ2) is 3.31. The molecule has 6 nitrogen and oxygen atoms in total. The Bertz CT molecular complexity index is 248. The van der Waals surface area contributed by atoms with E-state index in [1.54, 1.807) is 6.92 Å². The second-order valence-corrected chi connectivity index (χ2v) is 2.17. The summed E-state index contributed by atoms with van der Waals surface area (Å²) in [4.78, 5) is 21.7. The van der Waals surface area contributed by atoms with Gasteiger partial charge in [-0.25, -0.2) is 10.2 Å². The molecular formula is C6H9N3O3. The summed E-state index contributed by atoms with van der Waals surface area (Å²) in [5, 5.41) is 3.43. The number of rotatable bonds is 2. The average Bonchev–Trinajstić information content (AvgIpc) is 2.34. The van der Waals surface area contributed by atoms with Gasteiger partial charge in [-0.1, -0.05) is 0 Å². The largest absolute Gasteiger partial charge is 0.461 e. The molecule has 0 fully saturated rings. The van der Waals surface area contributed by atoms with Crippen molar-refractivity contribution in [2.24, 2.45) is 10.8 Å². The smallest absolute Gasteiger partial charge is 0.356 e. The molecule has 1 aliphatic heterocycles. The Kier molecular flexibility index (Phi) is 2.39. The number of hydrogen-bond donors (Lipinski definition) is 2. The van der Waals surface area contributed by atoms with Gasteiger partial charge in [0.05, 0.1) is 6.61 Å². The van der Waals surface area contributed by atoms with E-state index >= 15 is 0 Å². The van der Waals surface area contributed by atoms with E-state index in [-0.39, 0.29) is 12.3 Å². The second-order valence-electron chi connectivity index (χ2n) is 2.17. The Morgan fingerprint density at radius 3 is 2.92 bits per heavy atom. The molecule has 0 aromatic carbocycles. The van der Waals surface area contributed by atoms with Crippen molar-refractivity contribution in [2.45, 2.75) is 13.0 Å². The Morgan fingerprint density at radius 2 is 2.50 bits per heavy atom. The van der Waals surface area contributed by atoms with Gasteiger partial charge in [-0.15, -0.1) is 0 Å². The van der Waals surface area contributed by atoms with Gasteiger partial charge in [0.15, 0.2) is 5.71 Å². The molecule has 1 unspecified atom stereocenters. The molecular weight excluding hydrogens is 162 g/mol. The predicted molar refractivity (Wildman–Crippen MR) is 40.2 cm³/mol. The highest BCUT2D eigenvalue weighted by atomic mass is 16.5. The van der Waals surface area contributed by atoms with Crippen molar-refractivity contribution >= 4 is 17.6 Å². The summed E-state index contributed by atoms with van der Waals surface area (Å²) in [7, 11) is 0. The van der Waals surface area contributed by atoms with Crippen LogP contribution in [-0.2, 0) is 14.3 Å². The zero-order valence-corrected chi connectivity index (χ0v) is 6.53. The molecule has 6 heteroatoms. The lowest BCUT2D eigenvalue weighted by molar-refractivity contribution is -0.135. The molecule has 1 heterocycles. The van der Waals surface area contributed by atoms with Crippen LogP contribution in [-0.4, -0.2) is 30.2 Å². The highest BCUT2D eigenvalue weighted by molar-refractivity contribution is 6.44. The van der Waals surface area contributed by atoms with Crippen LogP contribution in [0.25, 0.3) is 0 Å². The van der Waals surface area contributed by atoms with Crippen LogP contribution in [0.1, 0.15) is 6.92 Å². The molecule has 0 aliphatic carbocycles. The summed E-state index contributed by atoms with van der Waals surface area (Å²) in [5.41, 5.74) is 7.32. The first-order valence-electron chi connectivity index (χ1n) is 3.47. The number of hydrogen-bond acceptors (Lipinski definition) is 5. The van der Waals surface area contributed by atoms with Crippen molar-refractivity contribution < 1.29 is 14.3 Å². The fraction of sp³-hybridized carbons (Fsp3) is 0.500. The van der Waals surface area contributed by atoms with Crippen LogP contribution in [0.3, 0.4) is 0 Å². The van der Waals surface area contributed by atoms with Gasteiger partial charge in [-0.05, 0) is 6.92 Å². The molecule has 1 amide bonds. The fourth-order valence-electron chi connectivity index (χ4n) is 0.756. The van der Waals surface area contributed by atoms with E-state index < -0.39 is 17.9 Å². The molecule has 0 aromatic rings. The van der Waals surface area contributed by atoms with Crippen molar-refractivity contribution in [1.82, 2.24) is 5.43 Å². The average molecular weight is 171 g/mol. The summed E-state index contributed by atoms with van der Waals surface area (Å²) in [5.74, 6) is -1.14. The van der Waals surface area contributed by atoms with E-state index in [0.717, 1.165) is 0 Å². The third-order valence-corrected chi connectivity index (χ3v) is 1.35. The van der Waals surface area contributed by atoms with E-state index in [2.05, 4.69) is 15.3 Å². The maximum Gasteiger partial charge on any atom is 0.356 e. The van der Waals surface area contributed by atoms with Crippen molar-refractivity contribution in [3.63, 3.8) is 0 Å². The van der Waals surface area contributed by atoms with Gasteiger partial charge in [-0.3, -0.25) is 4.79 Å². The predicted octanol–water partition coefficient (Wildman–Crippen LogP) is -1.64. The van der Waals surface area contributed by atoms with E-state index in [4.69, 9.17) is 5.73 Å². The molecule has 1 aliphatic rings. The Balaban J connectivity index is 2.64. The van der Waals surface area contributed by atoms with Crippen LogP contribution in [0.2, 0.25) is 0 Å². The highest BCUT2D eigenvalue weighted by Crippen LogP contribution is 1.96. The monoisotopic (exact) mass is 171 g/mol. The number of amides is 1. The third-order valence-electron chi connectivity index (χ3n) is 1.35. The summed E-state index contributed by atoms with van der Waals surface area (Å²) in [6.45, 7) is 1.90. The van der Waals surface area contributed by atoms with Crippen LogP contribution in [0.5, 0.6) is 0 Å². The molecule has 0 aromatic heterocycles. The van der Waals surface area contributed by atoms with Gasteiger partial charge >= 0.3 is 5.97 Å². The van der Waals surface area contributed by atoms with E-state index in [1.165, 1.54) is 0 Å². The molecule has 1 rings (SSSR count). The fourth-order valence-corrected chi connectivity index (χ4v) is 0.756. The molecule has 0 saturated carbocycles. The Hall–Kier alpha value is -1.43. The number of carbonyl (C=O) groups excluding carboxylic acids is 2. The van der Waals surface area contributed by atoms with Crippen molar-refractivity contribution in [3.05, 3.63) is 0 Å². The van der Waals surface area contributed by atoms with Gasteiger partial charge < -0.3 is 10.5 Å². The highest BCUT2D eigenvalue weighted by Gasteiger charge is 2.32. The maximum absolute atomic E-state index is 11.0. The van der Waals surface area contributed by atoms with Gasteiger partial charge in [-0.2, -0.15) is 5.10 Å². The molecule has 0 radical (unpaired) electrons. The van der Waals surface area contributed by atoms with Gasteiger partial charge in [0.1, 0.15) is 6.04 Å². The van der Waals surface area contributed by atoms with Crippen LogP contribution < -0.4 is 11.2 Å². The number of carbonyl (C=O) groups is 2. The minimum absolute atomic E-state index is 0.0677. The first-order chi connectivity index (χ1) is 5.66. The minimum Gasteiger partial charge on any atom is -0.461 e. The van der Waals surface area contributed by atoms with E-state index in [1.807, 2.05) is 0 Å². The van der Waals surface area contributed by atoms with Crippen molar-refractivity contribution in [3.8, 4) is 0 Å². The first kappa shape index (κ1) is 8.66. The normalized spacial score (nSPS) is 21.7. The van der Waals surface area contributed by atoms with Crippen LogP contribution in [0.15, 0.2) is 5.10 Å². The molecule has 1 atom stereocenters. The number of nitrogens with zero attached hydrogens (tertiary/aromatic N) is 1. The maximum atomic E-state index is 11.0. The lowest BCUT2D eigenvalue weighted by atomic mass is 10.2.